The summed E-state index contributed by atoms with van der Waals surface area (Å²) in [5, 5.41) is 24.7. The van der Waals surface area contributed by atoms with Gasteiger partial charge in [0, 0.05) is 0 Å². The van der Waals surface area contributed by atoms with Gasteiger partial charge in [-0.05, 0) is 0 Å². The third-order valence-corrected chi connectivity index (χ3v) is 0.820. The number of rotatable bonds is 4. The van der Waals surface area contributed by atoms with Crippen molar-refractivity contribution >= 4 is 11.9 Å². The summed E-state index contributed by atoms with van der Waals surface area (Å²) < 4.78 is 0. The van der Waals surface area contributed by atoms with E-state index < -0.39 is 30.9 Å². The molecule has 0 aromatic rings. The second-order valence-electron chi connectivity index (χ2n) is 1.85. The van der Waals surface area contributed by atoms with E-state index in [1.165, 1.54) is 0 Å². The Labute approximate surface area is 158 Å². The van der Waals surface area contributed by atoms with E-state index >= 15 is 0 Å². The SMILES string of the molecule is O=C(O)CC(O)CC(=O)O.[H-].[H-].[K+].[K+]. The third kappa shape index (κ3) is 14.7. The molecule has 3 N–H and O–H groups in total. The van der Waals surface area contributed by atoms with Gasteiger partial charge in [-0.1, -0.05) is 0 Å². The summed E-state index contributed by atoms with van der Waals surface area (Å²) in [6.45, 7) is 0. The molecule has 0 amide bonds. The molecule has 0 aliphatic rings. The van der Waals surface area contributed by atoms with Gasteiger partial charge in [0.2, 0.25) is 0 Å². The van der Waals surface area contributed by atoms with E-state index in [1.807, 2.05) is 0 Å². The first-order chi connectivity index (χ1) is 4.52. The fraction of sp³-hybridized carbons (Fsp3) is 0.600. The summed E-state index contributed by atoms with van der Waals surface area (Å²) in [5.74, 6) is -2.40. The fourth-order valence-electron chi connectivity index (χ4n) is 0.475. The Kier molecular flexibility index (Phi) is 18.5. The Balaban J connectivity index is -0.0000000675. The maximum Gasteiger partial charge on any atom is 1.00 e. The Morgan fingerprint density at radius 3 is 1.50 bits per heavy atom. The predicted octanol–water partition coefficient (Wildman–Crippen LogP) is -6.47. The van der Waals surface area contributed by atoms with Crippen molar-refractivity contribution in [3.05, 3.63) is 0 Å². The van der Waals surface area contributed by atoms with Gasteiger partial charge in [-0.25, -0.2) is 0 Å². The van der Waals surface area contributed by atoms with Crippen LogP contribution in [0.25, 0.3) is 0 Å². The predicted molar refractivity (Wildman–Crippen MR) is 32.7 cm³/mol. The molecule has 0 spiro atoms. The smallest absolute Gasteiger partial charge is 1.00 e. The molecule has 0 aromatic carbocycles. The van der Waals surface area contributed by atoms with Gasteiger partial charge < -0.3 is 18.2 Å². The normalized spacial score (nSPS) is 8.17. The average molecular weight is 228 g/mol. The van der Waals surface area contributed by atoms with Crippen molar-refractivity contribution in [2.75, 3.05) is 0 Å². The number of carbonyl (C=O) groups is 2. The van der Waals surface area contributed by atoms with E-state index in [9.17, 15) is 9.59 Å². The Bertz CT molecular complexity index is 141. The monoisotopic (exact) mass is 228 g/mol. The second kappa shape index (κ2) is 11.2. The first-order valence-electron chi connectivity index (χ1n) is 2.64. The van der Waals surface area contributed by atoms with Gasteiger partial charge in [0.15, 0.2) is 0 Å². The zero-order valence-corrected chi connectivity index (χ0v) is 13.4. The number of hydrogen-bond acceptors (Lipinski definition) is 3. The third-order valence-electron chi connectivity index (χ3n) is 0.820. The van der Waals surface area contributed by atoms with Crippen molar-refractivity contribution in [1.82, 2.24) is 0 Å². The molecule has 7 heteroatoms. The van der Waals surface area contributed by atoms with Crippen molar-refractivity contribution in [2.45, 2.75) is 18.9 Å². The molecule has 0 radical (unpaired) electrons. The van der Waals surface area contributed by atoms with E-state index in [0.29, 0.717) is 0 Å². The first kappa shape index (κ1) is 19.7. The van der Waals surface area contributed by atoms with Crippen molar-refractivity contribution in [2.24, 2.45) is 0 Å². The van der Waals surface area contributed by atoms with Crippen molar-refractivity contribution in [3.8, 4) is 0 Å². The number of carboxylic acid groups (broad SMARTS) is 2. The van der Waals surface area contributed by atoms with Gasteiger partial charge in [-0.15, -0.1) is 0 Å². The maximum absolute atomic E-state index is 9.84. The molecule has 0 aliphatic carbocycles. The molecule has 0 saturated carbocycles. The topological polar surface area (TPSA) is 94.8 Å². The van der Waals surface area contributed by atoms with Crippen molar-refractivity contribution in [1.29, 1.82) is 0 Å². The van der Waals surface area contributed by atoms with Gasteiger partial charge in [-0.2, -0.15) is 0 Å². The van der Waals surface area contributed by atoms with Crippen LogP contribution < -0.4 is 103 Å². The summed E-state index contributed by atoms with van der Waals surface area (Å²) in [6, 6.07) is 0. The molecule has 0 unspecified atom stereocenters. The van der Waals surface area contributed by atoms with E-state index in [2.05, 4.69) is 0 Å². The molecule has 0 rings (SSSR count). The van der Waals surface area contributed by atoms with E-state index in [-0.39, 0.29) is 106 Å². The molecule has 0 aliphatic heterocycles. The molecule has 5 nitrogen and oxygen atoms in total. The van der Waals surface area contributed by atoms with E-state index in [1.54, 1.807) is 0 Å². The van der Waals surface area contributed by atoms with Crippen molar-refractivity contribution < 1.29 is 131 Å². The largest absolute Gasteiger partial charge is 1.00 e. The number of hydrogen-bond donors (Lipinski definition) is 3. The minimum absolute atomic E-state index is 0. The van der Waals surface area contributed by atoms with Gasteiger partial charge in [-0.3, -0.25) is 9.59 Å². The number of aliphatic carboxylic acids is 2. The molecular weight excluding hydrogens is 218 g/mol. The molecule has 0 atom stereocenters. The molecular formula is C5H10K2O5. The fourth-order valence-corrected chi connectivity index (χ4v) is 0.475. The zero-order chi connectivity index (χ0) is 8.15. The van der Waals surface area contributed by atoms with Crippen LogP contribution in [0, 0.1) is 0 Å². The van der Waals surface area contributed by atoms with E-state index in [4.69, 9.17) is 15.3 Å². The van der Waals surface area contributed by atoms with Crippen LogP contribution in [-0.2, 0) is 9.59 Å². The van der Waals surface area contributed by atoms with Gasteiger partial charge in [0.05, 0.1) is 18.9 Å². The van der Waals surface area contributed by atoms with Crippen LogP contribution in [0.1, 0.15) is 15.7 Å². The molecule has 0 heterocycles. The summed E-state index contributed by atoms with van der Waals surface area (Å²) in [5.41, 5.74) is 0. The summed E-state index contributed by atoms with van der Waals surface area (Å²) in [6.07, 6.45) is -2.33. The standard InChI is InChI=1S/C5H8O5.2K.2H/c6-3(1-4(7)8)2-5(9)10;;;;/h3,6H,1-2H2,(H,7,8)(H,9,10);;;;/q;2*+1;2*-1. The molecule has 0 fully saturated rings. The van der Waals surface area contributed by atoms with Crippen LogP contribution >= 0.6 is 0 Å². The van der Waals surface area contributed by atoms with Gasteiger partial charge in [0.25, 0.3) is 0 Å². The molecule has 62 valence electrons. The summed E-state index contributed by atoms with van der Waals surface area (Å²) in [4.78, 5) is 19.7. The second-order valence-corrected chi connectivity index (χ2v) is 1.85. The van der Waals surface area contributed by atoms with Crippen molar-refractivity contribution in [3.63, 3.8) is 0 Å². The van der Waals surface area contributed by atoms with Crippen LogP contribution in [0.15, 0.2) is 0 Å². The van der Waals surface area contributed by atoms with Crippen LogP contribution in [0.4, 0.5) is 0 Å². The number of aliphatic hydroxyl groups excluding tert-OH is 1. The Morgan fingerprint density at radius 2 is 1.33 bits per heavy atom. The van der Waals surface area contributed by atoms with Gasteiger partial charge >= 0.3 is 115 Å². The van der Waals surface area contributed by atoms with Gasteiger partial charge in [0.1, 0.15) is 0 Å². The Morgan fingerprint density at radius 1 is 1.08 bits per heavy atom. The minimum atomic E-state index is -1.28. The Hall–Kier alpha value is 2.17. The average Bonchev–Trinajstić information content (AvgIpc) is 1.58. The summed E-state index contributed by atoms with van der Waals surface area (Å²) >= 11 is 0. The molecule has 12 heavy (non-hydrogen) atoms. The molecule has 0 saturated heterocycles. The summed E-state index contributed by atoms with van der Waals surface area (Å²) in [7, 11) is 0. The van der Waals surface area contributed by atoms with Crippen LogP contribution in [-0.4, -0.2) is 33.4 Å². The van der Waals surface area contributed by atoms with E-state index in [0.717, 1.165) is 0 Å². The molecule has 0 aromatic heterocycles. The first-order valence-corrected chi connectivity index (χ1v) is 2.64. The van der Waals surface area contributed by atoms with Crippen LogP contribution in [0.3, 0.4) is 0 Å². The quantitative estimate of drug-likeness (QED) is 0.416. The maximum atomic E-state index is 9.84. The zero-order valence-electron chi connectivity index (χ0n) is 9.15. The number of aliphatic hydroxyl groups is 1. The van der Waals surface area contributed by atoms with Crippen LogP contribution in [0.5, 0.6) is 0 Å². The minimum Gasteiger partial charge on any atom is -1.00 e. The van der Waals surface area contributed by atoms with Crippen LogP contribution in [0.2, 0.25) is 0 Å². The number of carboxylic acids is 2. The molecule has 0 bridgehead atoms.